The molecule has 178 valence electrons. The molecular weight excluding hydrogens is 456 g/mol. The van der Waals surface area contributed by atoms with Gasteiger partial charge in [0.1, 0.15) is 0 Å². The standard InChI is InChI=1S/C24H27ClN6O3/c1-15(25)19-21(26-5)28-23(33-19)31-12-10-30(11-13-31)22(32)17-8-6-16(7-9-17)20-27-18(34-29-20)14-24(2,3)4/h6-9H,1,5,10-14H2,2-4H3. The van der Waals surface area contributed by atoms with Crippen LogP contribution in [-0.4, -0.2) is 58.8 Å². The van der Waals surface area contributed by atoms with Crippen molar-refractivity contribution in [3.63, 3.8) is 0 Å². The maximum absolute atomic E-state index is 13.0. The Morgan fingerprint density at radius 2 is 1.82 bits per heavy atom. The fourth-order valence-corrected chi connectivity index (χ4v) is 3.79. The van der Waals surface area contributed by atoms with Crippen LogP contribution in [0.2, 0.25) is 0 Å². The fourth-order valence-electron chi connectivity index (χ4n) is 3.66. The normalized spacial score (nSPS) is 14.4. The number of benzene rings is 1. The summed E-state index contributed by atoms with van der Waals surface area (Å²) in [4.78, 5) is 29.4. The highest BCUT2D eigenvalue weighted by molar-refractivity contribution is 6.48. The van der Waals surface area contributed by atoms with E-state index < -0.39 is 0 Å². The molecule has 2 aromatic heterocycles. The van der Waals surface area contributed by atoms with Gasteiger partial charge in [0.25, 0.3) is 11.9 Å². The molecule has 34 heavy (non-hydrogen) atoms. The minimum atomic E-state index is -0.0385. The SMILES string of the molecule is C=Nc1nc(N2CCN(C(=O)c3ccc(-c4noc(CC(C)(C)C)n4)cc3)CC2)oc1C(=C)Cl. The summed E-state index contributed by atoms with van der Waals surface area (Å²) < 4.78 is 11.1. The summed E-state index contributed by atoms with van der Waals surface area (Å²) in [5.41, 5.74) is 1.46. The van der Waals surface area contributed by atoms with Gasteiger partial charge in [-0.05, 0) is 24.3 Å². The molecule has 1 aromatic carbocycles. The van der Waals surface area contributed by atoms with Gasteiger partial charge in [-0.25, -0.2) is 4.99 Å². The lowest BCUT2D eigenvalue weighted by Crippen LogP contribution is -2.48. The van der Waals surface area contributed by atoms with Crippen LogP contribution in [0.4, 0.5) is 11.8 Å². The Kier molecular flexibility index (Phi) is 6.56. The quantitative estimate of drug-likeness (QED) is 0.464. The lowest BCUT2D eigenvalue weighted by atomic mass is 9.92. The smallest absolute Gasteiger partial charge is 0.300 e. The van der Waals surface area contributed by atoms with Crippen molar-refractivity contribution in [2.45, 2.75) is 27.2 Å². The van der Waals surface area contributed by atoms with Gasteiger partial charge in [0.15, 0.2) is 5.76 Å². The first-order chi connectivity index (χ1) is 16.1. The van der Waals surface area contributed by atoms with Gasteiger partial charge >= 0.3 is 0 Å². The number of oxazole rings is 1. The van der Waals surface area contributed by atoms with E-state index in [-0.39, 0.29) is 16.4 Å². The zero-order valence-corrected chi connectivity index (χ0v) is 20.3. The Balaban J connectivity index is 1.38. The van der Waals surface area contributed by atoms with Crippen LogP contribution in [0.25, 0.3) is 16.4 Å². The van der Waals surface area contributed by atoms with Gasteiger partial charge in [-0.3, -0.25) is 4.79 Å². The molecule has 1 amide bonds. The number of aliphatic imine (C=N–C) groups is 1. The number of piperazine rings is 1. The third-order valence-corrected chi connectivity index (χ3v) is 5.54. The van der Waals surface area contributed by atoms with Crippen LogP contribution in [0, 0.1) is 5.41 Å². The number of halogens is 1. The van der Waals surface area contributed by atoms with E-state index in [4.69, 9.17) is 20.5 Å². The van der Waals surface area contributed by atoms with E-state index >= 15 is 0 Å². The molecule has 3 heterocycles. The molecule has 0 aliphatic carbocycles. The lowest BCUT2D eigenvalue weighted by Gasteiger charge is -2.33. The molecule has 1 aliphatic heterocycles. The van der Waals surface area contributed by atoms with Crippen molar-refractivity contribution >= 4 is 41.1 Å². The molecule has 1 saturated heterocycles. The van der Waals surface area contributed by atoms with Gasteiger partial charge in [-0.1, -0.05) is 56.2 Å². The molecule has 0 unspecified atom stereocenters. The largest absolute Gasteiger partial charge is 0.420 e. The summed E-state index contributed by atoms with van der Waals surface area (Å²) in [7, 11) is 0. The number of aromatic nitrogens is 3. The van der Waals surface area contributed by atoms with Crippen molar-refractivity contribution in [3.05, 3.63) is 48.1 Å². The van der Waals surface area contributed by atoms with Gasteiger partial charge in [-0.15, -0.1) is 0 Å². The Labute approximate surface area is 203 Å². The van der Waals surface area contributed by atoms with Crippen LogP contribution >= 0.6 is 11.6 Å². The maximum Gasteiger partial charge on any atom is 0.300 e. The highest BCUT2D eigenvalue weighted by atomic mass is 35.5. The zero-order valence-electron chi connectivity index (χ0n) is 19.5. The number of hydrogen-bond acceptors (Lipinski definition) is 8. The third kappa shape index (κ3) is 5.20. The first-order valence-corrected chi connectivity index (χ1v) is 11.3. The molecule has 1 aliphatic rings. The average Bonchev–Trinajstić information content (AvgIpc) is 3.45. The molecule has 0 radical (unpaired) electrons. The van der Waals surface area contributed by atoms with Crippen LogP contribution in [0.5, 0.6) is 0 Å². The first kappa shape index (κ1) is 23.7. The van der Waals surface area contributed by atoms with Crippen LogP contribution in [0.15, 0.2) is 44.8 Å². The van der Waals surface area contributed by atoms with E-state index in [0.717, 1.165) is 5.56 Å². The zero-order chi connectivity index (χ0) is 24.5. The fraction of sp³-hybridized carbons (Fsp3) is 0.375. The van der Waals surface area contributed by atoms with Crippen LogP contribution in [-0.2, 0) is 6.42 Å². The molecule has 0 atom stereocenters. The summed E-state index contributed by atoms with van der Waals surface area (Å²) >= 11 is 5.95. The molecule has 1 fully saturated rings. The van der Waals surface area contributed by atoms with E-state index in [1.165, 1.54) is 0 Å². The first-order valence-electron chi connectivity index (χ1n) is 10.9. The van der Waals surface area contributed by atoms with Crippen molar-refractivity contribution in [2.24, 2.45) is 10.4 Å². The Morgan fingerprint density at radius 1 is 1.15 bits per heavy atom. The van der Waals surface area contributed by atoms with Crippen molar-refractivity contribution in [3.8, 4) is 11.4 Å². The van der Waals surface area contributed by atoms with Gasteiger partial charge in [0.05, 0.1) is 5.03 Å². The number of carbonyl (C=O) groups is 1. The number of rotatable bonds is 6. The second-order valence-electron chi connectivity index (χ2n) is 9.32. The molecule has 0 saturated carbocycles. The summed E-state index contributed by atoms with van der Waals surface area (Å²) in [6.45, 7) is 15.7. The average molecular weight is 483 g/mol. The predicted octanol–water partition coefficient (Wildman–Crippen LogP) is 4.82. The molecule has 10 heteroatoms. The Hall–Kier alpha value is -3.46. The summed E-state index contributed by atoms with van der Waals surface area (Å²) in [5, 5.41) is 4.28. The molecule has 4 rings (SSSR count). The minimum Gasteiger partial charge on any atom is -0.420 e. The van der Waals surface area contributed by atoms with E-state index in [1.807, 2.05) is 17.0 Å². The van der Waals surface area contributed by atoms with Gasteiger partial charge in [0, 0.05) is 43.7 Å². The van der Waals surface area contributed by atoms with E-state index in [0.29, 0.717) is 67.5 Å². The summed E-state index contributed by atoms with van der Waals surface area (Å²) in [6.07, 6.45) is 0.698. The molecule has 0 spiro atoms. The number of anilines is 1. The number of nitrogens with zero attached hydrogens (tertiary/aromatic N) is 6. The van der Waals surface area contributed by atoms with Crippen LogP contribution < -0.4 is 4.90 Å². The van der Waals surface area contributed by atoms with Gasteiger partial charge in [-0.2, -0.15) is 9.97 Å². The van der Waals surface area contributed by atoms with Crippen LogP contribution in [0.3, 0.4) is 0 Å². The summed E-state index contributed by atoms with van der Waals surface area (Å²) in [6, 6.07) is 7.65. The van der Waals surface area contributed by atoms with Gasteiger partial charge in [0.2, 0.25) is 17.5 Å². The topological polar surface area (TPSA) is 101 Å². The Morgan fingerprint density at radius 3 is 2.38 bits per heavy atom. The van der Waals surface area contributed by atoms with Crippen molar-refractivity contribution in [1.29, 1.82) is 0 Å². The molecule has 0 N–H and O–H groups in total. The maximum atomic E-state index is 13.0. The molecule has 9 nitrogen and oxygen atoms in total. The van der Waals surface area contributed by atoms with Gasteiger partial charge < -0.3 is 18.7 Å². The lowest BCUT2D eigenvalue weighted by molar-refractivity contribution is 0.0745. The second kappa shape index (κ2) is 9.42. The van der Waals surface area contributed by atoms with E-state index in [2.05, 4.69) is 54.2 Å². The monoisotopic (exact) mass is 482 g/mol. The highest BCUT2D eigenvalue weighted by Gasteiger charge is 2.26. The summed E-state index contributed by atoms with van der Waals surface area (Å²) in [5.74, 6) is 1.69. The number of carbonyl (C=O) groups excluding carboxylic acids is 1. The van der Waals surface area contributed by atoms with E-state index in [9.17, 15) is 4.79 Å². The molecular formula is C24H27ClN6O3. The van der Waals surface area contributed by atoms with E-state index in [1.54, 1.807) is 17.0 Å². The third-order valence-electron chi connectivity index (χ3n) is 5.37. The van der Waals surface area contributed by atoms with Crippen molar-refractivity contribution < 1.29 is 13.7 Å². The highest BCUT2D eigenvalue weighted by Crippen LogP contribution is 2.32. The van der Waals surface area contributed by atoms with Crippen LogP contribution in [0.1, 0.15) is 42.8 Å². The molecule has 0 bridgehead atoms. The van der Waals surface area contributed by atoms with Crippen molar-refractivity contribution in [1.82, 2.24) is 20.0 Å². The molecule has 3 aromatic rings. The predicted molar refractivity (Wildman–Crippen MR) is 132 cm³/mol. The van der Waals surface area contributed by atoms with Crippen molar-refractivity contribution in [2.75, 3.05) is 31.1 Å². The number of hydrogen-bond donors (Lipinski definition) is 0. The Bertz CT molecular complexity index is 1200. The second-order valence-corrected chi connectivity index (χ2v) is 9.77. The minimum absolute atomic E-state index is 0.0385. The number of amides is 1.